The Morgan fingerprint density at radius 3 is 2.45 bits per heavy atom. The second-order valence-electron chi connectivity index (χ2n) is 7.39. The van der Waals surface area contributed by atoms with E-state index in [9.17, 15) is 9.59 Å². The van der Waals surface area contributed by atoms with Crippen LogP contribution in [0.4, 0.5) is 0 Å². The van der Waals surface area contributed by atoms with Gasteiger partial charge in [0.1, 0.15) is 0 Å². The van der Waals surface area contributed by atoms with Crippen LogP contribution in [0.1, 0.15) is 15.9 Å². The lowest BCUT2D eigenvalue weighted by molar-refractivity contribution is -0.120. The second kappa shape index (κ2) is 8.92. The number of para-hydroxylation sites is 1. The van der Waals surface area contributed by atoms with Crippen LogP contribution in [0.3, 0.4) is 0 Å². The molecule has 4 rings (SSSR count). The molecule has 0 aliphatic carbocycles. The number of amides is 2. The Kier molecular flexibility index (Phi) is 5.91. The number of benzene rings is 2. The molecule has 0 atom stereocenters. The third-order valence-corrected chi connectivity index (χ3v) is 5.46. The SMILES string of the molecule is O=C(Cc1c[nH]c2ccccc12)NCCN1CCN(C(=O)c2ccccc2)CC1. The summed E-state index contributed by atoms with van der Waals surface area (Å²) in [4.78, 5) is 32.2. The third-order valence-electron chi connectivity index (χ3n) is 5.46. The van der Waals surface area contributed by atoms with Crippen LogP contribution < -0.4 is 5.32 Å². The van der Waals surface area contributed by atoms with E-state index in [4.69, 9.17) is 0 Å². The Bertz CT molecular complexity index is 975. The highest BCUT2D eigenvalue weighted by molar-refractivity contribution is 5.94. The van der Waals surface area contributed by atoms with E-state index in [2.05, 4.69) is 15.2 Å². The first kappa shape index (κ1) is 19.2. The molecular formula is C23H26N4O2. The Morgan fingerprint density at radius 1 is 0.931 bits per heavy atom. The Balaban J connectivity index is 1.19. The van der Waals surface area contributed by atoms with Gasteiger partial charge in [0.05, 0.1) is 6.42 Å². The predicted octanol–water partition coefficient (Wildman–Crippen LogP) is 2.28. The number of carbonyl (C=O) groups excluding carboxylic acids is 2. The van der Waals surface area contributed by atoms with Crippen LogP contribution in [0.15, 0.2) is 60.8 Å². The van der Waals surface area contributed by atoms with Gasteiger partial charge in [-0.3, -0.25) is 14.5 Å². The Morgan fingerprint density at radius 2 is 1.66 bits per heavy atom. The molecule has 1 saturated heterocycles. The summed E-state index contributed by atoms with van der Waals surface area (Å²) in [5.41, 5.74) is 2.81. The van der Waals surface area contributed by atoms with E-state index in [0.717, 1.165) is 54.8 Å². The van der Waals surface area contributed by atoms with Crippen LogP contribution in [0.2, 0.25) is 0 Å². The van der Waals surface area contributed by atoms with Gasteiger partial charge in [-0.05, 0) is 23.8 Å². The smallest absolute Gasteiger partial charge is 0.253 e. The monoisotopic (exact) mass is 390 g/mol. The van der Waals surface area contributed by atoms with Crippen molar-refractivity contribution in [2.24, 2.45) is 0 Å². The van der Waals surface area contributed by atoms with Crippen molar-refractivity contribution >= 4 is 22.7 Å². The van der Waals surface area contributed by atoms with E-state index in [1.165, 1.54) is 0 Å². The second-order valence-corrected chi connectivity index (χ2v) is 7.39. The number of nitrogens with zero attached hydrogens (tertiary/aromatic N) is 2. The van der Waals surface area contributed by atoms with E-state index in [-0.39, 0.29) is 11.8 Å². The number of rotatable bonds is 6. The third kappa shape index (κ3) is 4.66. The van der Waals surface area contributed by atoms with E-state index < -0.39 is 0 Å². The fraction of sp³-hybridized carbons (Fsp3) is 0.304. The zero-order valence-electron chi connectivity index (χ0n) is 16.4. The number of aromatic nitrogens is 1. The maximum absolute atomic E-state index is 12.5. The van der Waals surface area contributed by atoms with Crippen LogP contribution in [-0.4, -0.2) is 65.9 Å². The van der Waals surface area contributed by atoms with Gasteiger partial charge >= 0.3 is 0 Å². The van der Waals surface area contributed by atoms with Crippen LogP contribution in [0.5, 0.6) is 0 Å². The van der Waals surface area contributed by atoms with Crippen LogP contribution >= 0.6 is 0 Å². The standard InChI is InChI=1S/C23H26N4O2/c28-22(16-19-17-25-21-9-5-4-8-20(19)21)24-10-11-26-12-14-27(15-13-26)23(29)18-6-2-1-3-7-18/h1-9,17,25H,10-16H2,(H,24,28). The first-order chi connectivity index (χ1) is 14.2. The minimum absolute atomic E-state index is 0.0349. The number of aromatic amines is 1. The van der Waals surface area contributed by atoms with E-state index in [0.29, 0.717) is 13.0 Å². The molecule has 2 heterocycles. The maximum atomic E-state index is 12.5. The van der Waals surface area contributed by atoms with Crippen LogP contribution in [-0.2, 0) is 11.2 Å². The highest BCUT2D eigenvalue weighted by Gasteiger charge is 2.21. The first-order valence-corrected chi connectivity index (χ1v) is 10.1. The van der Waals surface area contributed by atoms with Crippen molar-refractivity contribution in [3.63, 3.8) is 0 Å². The quantitative estimate of drug-likeness (QED) is 0.679. The number of fused-ring (bicyclic) bond motifs is 1. The molecule has 6 nitrogen and oxygen atoms in total. The van der Waals surface area contributed by atoms with Gasteiger partial charge in [-0.25, -0.2) is 0 Å². The molecule has 1 aromatic heterocycles. The number of carbonyl (C=O) groups is 2. The largest absolute Gasteiger partial charge is 0.361 e. The summed E-state index contributed by atoms with van der Waals surface area (Å²) in [6.07, 6.45) is 2.29. The van der Waals surface area contributed by atoms with Gasteiger partial charge in [-0.2, -0.15) is 0 Å². The number of hydrogen-bond acceptors (Lipinski definition) is 3. The fourth-order valence-electron chi connectivity index (χ4n) is 3.80. The van der Waals surface area contributed by atoms with Crippen molar-refractivity contribution in [3.8, 4) is 0 Å². The normalized spacial score (nSPS) is 14.8. The van der Waals surface area contributed by atoms with Gasteiger partial charge in [0.25, 0.3) is 5.91 Å². The summed E-state index contributed by atoms with van der Waals surface area (Å²) >= 11 is 0. The Labute approximate surface area is 170 Å². The van der Waals surface area contributed by atoms with E-state index in [1.807, 2.05) is 65.7 Å². The lowest BCUT2D eigenvalue weighted by Gasteiger charge is -2.34. The molecular weight excluding hydrogens is 364 g/mol. The molecule has 0 spiro atoms. The number of piperazine rings is 1. The van der Waals surface area contributed by atoms with Gasteiger partial charge < -0.3 is 15.2 Å². The topological polar surface area (TPSA) is 68.4 Å². The maximum Gasteiger partial charge on any atom is 0.253 e. The highest BCUT2D eigenvalue weighted by Crippen LogP contribution is 2.17. The summed E-state index contributed by atoms with van der Waals surface area (Å²) < 4.78 is 0. The average molecular weight is 390 g/mol. The average Bonchev–Trinajstić information content (AvgIpc) is 3.17. The molecule has 1 fully saturated rings. The van der Waals surface area contributed by atoms with Gasteiger partial charge in [-0.1, -0.05) is 36.4 Å². The molecule has 0 saturated carbocycles. The number of H-pyrrole nitrogens is 1. The first-order valence-electron chi connectivity index (χ1n) is 10.1. The van der Waals surface area contributed by atoms with Crippen molar-refractivity contribution in [1.82, 2.24) is 20.1 Å². The molecule has 29 heavy (non-hydrogen) atoms. The molecule has 0 bridgehead atoms. The molecule has 0 radical (unpaired) electrons. The summed E-state index contributed by atoms with van der Waals surface area (Å²) in [6.45, 7) is 4.52. The highest BCUT2D eigenvalue weighted by atomic mass is 16.2. The molecule has 2 amide bonds. The van der Waals surface area contributed by atoms with Crippen molar-refractivity contribution in [1.29, 1.82) is 0 Å². The molecule has 1 aliphatic heterocycles. The predicted molar refractivity (Wildman–Crippen MR) is 114 cm³/mol. The molecule has 150 valence electrons. The van der Waals surface area contributed by atoms with E-state index >= 15 is 0 Å². The lowest BCUT2D eigenvalue weighted by Crippen LogP contribution is -2.50. The summed E-state index contributed by atoms with van der Waals surface area (Å²) in [5, 5.41) is 4.12. The van der Waals surface area contributed by atoms with Gasteiger partial charge in [0.2, 0.25) is 5.91 Å². The number of hydrogen-bond donors (Lipinski definition) is 2. The lowest BCUT2D eigenvalue weighted by atomic mass is 10.1. The van der Waals surface area contributed by atoms with Crippen LogP contribution in [0, 0.1) is 0 Å². The van der Waals surface area contributed by atoms with Crippen molar-refractivity contribution in [3.05, 3.63) is 71.9 Å². The molecule has 0 unspecified atom stereocenters. The molecule has 6 heteroatoms. The summed E-state index contributed by atoms with van der Waals surface area (Å²) in [6, 6.07) is 17.4. The van der Waals surface area contributed by atoms with E-state index in [1.54, 1.807) is 0 Å². The van der Waals surface area contributed by atoms with Crippen LogP contribution in [0.25, 0.3) is 10.9 Å². The summed E-state index contributed by atoms with van der Waals surface area (Å²) in [7, 11) is 0. The van der Waals surface area contributed by atoms with Crippen molar-refractivity contribution in [2.75, 3.05) is 39.3 Å². The minimum atomic E-state index is 0.0349. The minimum Gasteiger partial charge on any atom is -0.361 e. The zero-order valence-corrected chi connectivity index (χ0v) is 16.4. The molecule has 2 aromatic carbocycles. The fourth-order valence-corrected chi connectivity index (χ4v) is 3.80. The molecule has 3 aromatic rings. The van der Waals surface area contributed by atoms with Crippen molar-refractivity contribution < 1.29 is 9.59 Å². The zero-order chi connectivity index (χ0) is 20.1. The van der Waals surface area contributed by atoms with Crippen molar-refractivity contribution in [2.45, 2.75) is 6.42 Å². The molecule has 2 N–H and O–H groups in total. The van der Waals surface area contributed by atoms with Gasteiger partial charge in [-0.15, -0.1) is 0 Å². The van der Waals surface area contributed by atoms with Gasteiger partial charge in [0.15, 0.2) is 0 Å². The number of nitrogens with one attached hydrogen (secondary N) is 2. The molecule has 1 aliphatic rings. The summed E-state index contributed by atoms with van der Waals surface area (Å²) in [5.74, 6) is 0.130. The van der Waals surface area contributed by atoms with Gasteiger partial charge in [0, 0.05) is 61.9 Å². The Hall–Kier alpha value is -3.12.